The van der Waals surface area contributed by atoms with Gasteiger partial charge in [-0.1, -0.05) is 25.2 Å². The molecule has 5 saturated heterocycles. The molecular weight excluding hydrogens is 1310 g/mol. The van der Waals surface area contributed by atoms with Crippen LogP contribution >= 0.6 is 0 Å². The molecule has 5 aliphatic heterocycles. The number of carboxylic acid groups (broad SMARTS) is 1. The van der Waals surface area contributed by atoms with Crippen molar-refractivity contribution >= 4 is 64.4 Å². The molecular formula is C32H54N3Na5O38S5-4. The zero-order valence-electron chi connectivity index (χ0n) is 44.3. The van der Waals surface area contributed by atoms with Gasteiger partial charge in [-0.2, -0.15) is 0 Å². The molecule has 24 atom stereocenters. The van der Waals surface area contributed by atoms with E-state index in [1.807, 2.05) is 0 Å². The van der Waals surface area contributed by atoms with Gasteiger partial charge in [0.15, 0.2) is 37.2 Å². The van der Waals surface area contributed by atoms with Crippen molar-refractivity contribution < 1.29 is 323 Å². The van der Waals surface area contributed by atoms with Crippen LogP contribution in [0.1, 0.15) is 13.8 Å². The molecule has 0 bridgehead atoms. The predicted molar refractivity (Wildman–Crippen MR) is 231 cm³/mol. The number of carbonyl (C=O) groups is 2. The first-order chi connectivity index (χ1) is 35.0. The van der Waals surface area contributed by atoms with Crippen molar-refractivity contribution in [1.82, 2.24) is 0 Å². The molecule has 41 nitrogen and oxygen atoms in total. The van der Waals surface area contributed by atoms with Crippen molar-refractivity contribution in [3.05, 3.63) is 27.2 Å². The van der Waals surface area contributed by atoms with Gasteiger partial charge in [0.2, 0.25) is 58.3 Å². The number of carboxylic acids is 1. The third-order valence-electron chi connectivity index (χ3n) is 10.4. The van der Waals surface area contributed by atoms with Crippen molar-refractivity contribution in [2.45, 2.75) is 155 Å². The van der Waals surface area contributed by atoms with E-state index < -0.39 is 205 Å². The van der Waals surface area contributed by atoms with Gasteiger partial charge >= 0.3 is 154 Å². The SMILES string of the molecule is O=S(=O)([O-])O.O=S(=O)([O-])O.O=S(=O)([O-])O.O=S(=O)([O-])O.[CH2-]C1O[C@@H](O[C@H]2C(OC=O)O[C@@H](O[C@H]3C([CH2-])O[C@@H](C)C(N)[C@H]3O)C(OS(=O)(=O)[O-])[C@H]2O)C(N)[CH-][C@H]1O[C@@H]1O[C@@H](C(=O)O)[C@H](O[C@@H]2O[C@@H]([CH2-])[C@H](O)[C@H](O)C2N)[C@H](O)C1C.[Na+].[Na+].[Na+].[Na+].[Na+]. The van der Waals surface area contributed by atoms with Crippen LogP contribution in [0.3, 0.4) is 0 Å². The number of aliphatic hydroxyl groups is 5. The number of carbonyl (C=O) groups excluding carboxylic acids is 1. The zero-order chi connectivity index (χ0) is 61.1. The van der Waals surface area contributed by atoms with Crippen LogP contribution in [0.2, 0.25) is 0 Å². The van der Waals surface area contributed by atoms with Crippen LogP contribution in [0.25, 0.3) is 0 Å². The fourth-order valence-electron chi connectivity index (χ4n) is 7.00. The third-order valence-corrected chi connectivity index (χ3v) is 10.8. The molecule has 0 amide bonds. The summed E-state index contributed by atoms with van der Waals surface area (Å²) < 4.78 is 227. The molecule has 0 saturated carbocycles. The summed E-state index contributed by atoms with van der Waals surface area (Å²) in [5, 5.41) is 63.5. The molecule has 0 aromatic carbocycles. The maximum absolute atomic E-state index is 12.3. The third kappa shape index (κ3) is 36.0. The molecule has 0 aromatic heterocycles. The first kappa shape index (κ1) is 94.3. The van der Waals surface area contributed by atoms with Crippen LogP contribution in [0, 0.1) is 33.1 Å². The predicted octanol–water partition coefficient (Wildman–Crippen LogP) is -25.6. The minimum Gasteiger partial charge on any atom is -0.726 e. The summed E-state index contributed by atoms with van der Waals surface area (Å²) in [6.45, 7) is 14.0. The summed E-state index contributed by atoms with van der Waals surface area (Å²) in [4.78, 5) is 23.8. The van der Waals surface area contributed by atoms with Gasteiger partial charge in [0, 0.05) is 5.92 Å². The topological polar surface area (TPSA) is 702 Å². The Morgan fingerprint density at radius 3 is 1.39 bits per heavy atom. The number of aliphatic hydroxyl groups excluding tert-OH is 5. The van der Waals surface area contributed by atoms with Crippen LogP contribution in [-0.4, -0.2) is 267 Å². The van der Waals surface area contributed by atoms with E-state index in [-0.39, 0.29) is 154 Å². The van der Waals surface area contributed by atoms with E-state index in [4.69, 9.17) is 135 Å². The van der Waals surface area contributed by atoms with E-state index in [0.29, 0.717) is 0 Å². The zero-order valence-corrected chi connectivity index (χ0v) is 58.4. The van der Waals surface area contributed by atoms with Crippen molar-refractivity contribution in [2.75, 3.05) is 0 Å². The Bertz CT molecular complexity index is 2340. The van der Waals surface area contributed by atoms with Gasteiger partial charge in [-0.15, -0.1) is 0 Å². The molecule has 464 valence electrons. The Kier molecular flexibility index (Phi) is 46.2. The summed E-state index contributed by atoms with van der Waals surface area (Å²) in [5.41, 5.74) is 18.2. The van der Waals surface area contributed by atoms with Crippen molar-refractivity contribution in [3.63, 3.8) is 0 Å². The van der Waals surface area contributed by atoms with Crippen molar-refractivity contribution in [3.8, 4) is 0 Å². The molecule has 8 unspecified atom stereocenters. The molecule has 0 radical (unpaired) electrons. The fraction of sp³-hybridized carbons (Fsp3) is 0.812. The van der Waals surface area contributed by atoms with Crippen LogP contribution < -0.4 is 165 Å². The van der Waals surface area contributed by atoms with Gasteiger partial charge in [-0.3, -0.25) is 33.6 Å². The average Bonchev–Trinajstić information content (AvgIpc) is 3.23. The molecule has 0 spiro atoms. The number of ether oxygens (including phenoxy) is 10. The van der Waals surface area contributed by atoms with Crippen LogP contribution in [0.4, 0.5) is 0 Å². The minimum absolute atomic E-state index is 0. The molecule has 5 fully saturated rings. The number of hydrogen-bond donors (Lipinski definition) is 13. The minimum atomic E-state index is -5.61. The molecule has 51 heteroatoms. The summed E-state index contributed by atoms with van der Waals surface area (Å²) >= 11 is 0. The van der Waals surface area contributed by atoms with E-state index in [2.05, 4.69) is 25.0 Å². The van der Waals surface area contributed by atoms with Gasteiger partial charge in [0.25, 0.3) is 6.47 Å². The maximum Gasteiger partial charge on any atom is 1.00 e. The van der Waals surface area contributed by atoms with E-state index in [9.17, 15) is 53.2 Å². The second-order valence-corrected chi connectivity index (χ2v) is 20.6. The molecule has 5 rings (SSSR count). The van der Waals surface area contributed by atoms with Crippen molar-refractivity contribution in [2.24, 2.45) is 23.1 Å². The van der Waals surface area contributed by atoms with Crippen LogP contribution in [0.15, 0.2) is 0 Å². The molecule has 5 aliphatic rings. The smallest absolute Gasteiger partial charge is 0.726 e. The molecule has 5 heterocycles. The van der Waals surface area contributed by atoms with E-state index >= 15 is 0 Å². The Morgan fingerprint density at radius 2 is 0.952 bits per heavy atom. The molecule has 0 aliphatic carbocycles. The average molecular weight is 1360 g/mol. The first-order valence-electron chi connectivity index (χ1n) is 20.6. The van der Waals surface area contributed by atoms with Crippen LogP contribution in [-0.2, 0) is 113 Å². The normalized spacial score (nSPS) is 38.1. The summed E-state index contributed by atoms with van der Waals surface area (Å²) in [6, 6.07) is -3.70. The van der Waals surface area contributed by atoms with Gasteiger partial charge in [0.1, 0.15) is 18.5 Å². The second-order valence-electron chi connectivity index (χ2n) is 16.2. The van der Waals surface area contributed by atoms with E-state index in [0.717, 1.165) is 0 Å². The number of nitrogens with two attached hydrogens (primary N) is 3. The quantitative estimate of drug-likeness (QED) is 0.0268. The summed E-state index contributed by atoms with van der Waals surface area (Å²) in [6.07, 6.45) is -30.2. The summed E-state index contributed by atoms with van der Waals surface area (Å²) in [5.74, 6) is -2.62. The first-order valence-corrected chi connectivity index (χ1v) is 27.4. The maximum atomic E-state index is 12.3. The molecule has 0 aromatic rings. The van der Waals surface area contributed by atoms with Gasteiger partial charge in [0.05, 0.1) is 48.7 Å². The Hall–Kier alpha value is 2.61. The van der Waals surface area contributed by atoms with Gasteiger partial charge in [-0.05, 0) is 19.1 Å². The van der Waals surface area contributed by atoms with Crippen molar-refractivity contribution in [1.29, 1.82) is 0 Å². The number of hydrogen-bond acceptors (Lipinski definition) is 36. The largest absolute Gasteiger partial charge is 1.00 e. The molecule has 83 heavy (non-hydrogen) atoms. The summed E-state index contributed by atoms with van der Waals surface area (Å²) in [7, 11) is -25.3. The van der Waals surface area contributed by atoms with Gasteiger partial charge < -0.3 is 139 Å². The fourth-order valence-corrected chi connectivity index (χ4v) is 7.47. The second kappa shape index (κ2) is 40.7. The van der Waals surface area contributed by atoms with E-state index in [1.165, 1.54) is 13.3 Å². The molecule has 16 N–H and O–H groups in total. The number of rotatable bonds is 13. The van der Waals surface area contributed by atoms with Gasteiger partial charge in [-0.25, -0.2) is 46.9 Å². The number of aliphatic carboxylic acids is 1. The Morgan fingerprint density at radius 1 is 0.518 bits per heavy atom. The Balaban J connectivity index is -0.000000698. The van der Waals surface area contributed by atoms with Crippen LogP contribution in [0.5, 0.6) is 0 Å². The van der Waals surface area contributed by atoms with E-state index in [1.54, 1.807) is 6.92 Å². The Labute approximate surface area is 585 Å². The monoisotopic (exact) mass is 1360 g/mol. The standard InChI is InChI=1S/C32H51N3O22S.5Na.4H2O4S/c1-8-17(37)23(53-30-16(35)19(39)18(38)11(4)50-30)26(27(42)43)55-28(8)51-14-6-13(33)29(49-9(14)2)54-24-21(41)25(57-58(44,45)46)32(56-31(24)47-7-36)52-22-12(5)48-10(3)15(34)20(22)40;;;;;;4*1-5(2,3)4/h6-26,28-32,37-41H,2,4-5,33-35H2,1,3H3,(H,42,43)(H,44,45,46);;;;;;4*(H2,1,2,3,4)/q-4;5*+1;;;;/p-5/t8?,9?,10-,11-,12?,13?,14+,15?,16?,17+,18-,19+,20+,21-,22-,23+,24+,25?,26+,28+,29-,30-,31?,32+;;;;;;;;;/m0........./s1.